The van der Waals surface area contributed by atoms with E-state index in [4.69, 9.17) is 0 Å². The van der Waals surface area contributed by atoms with E-state index in [1.807, 2.05) is 0 Å². The molecule has 428 valence electrons. The Balaban J connectivity index is 0.00000111. The summed E-state index contributed by atoms with van der Waals surface area (Å²) in [6.45, 7) is 13.0. The van der Waals surface area contributed by atoms with E-state index in [-0.39, 0.29) is 111 Å². The summed E-state index contributed by atoms with van der Waals surface area (Å²) >= 11 is 0. The number of carbonyl (C=O) groups excluding carboxylic acids is 6. The molecular formula is C60H96Fe2N8O6. The van der Waals surface area contributed by atoms with Gasteiger partial charge in [-0.15, -0.1) is 0 Å². The summed E-state index contributed by atoms with van der Waals surface area (Å²) in [4.78, 5) is 92.2. The smallest absolute Gasteiger partial charge is 0.358 e. The molecule has 4 aliphatic heterocycles. The summed E-state index contributed by atoms with van der Waals surface area (Å²) in [6.07, 6.45) is 27.0. The number of piperazine rings is 2. The number of nitrogens with zero attached hydrogens (tertiary/aromatic N) is 6. The Morgan fingerprint density at radius 1 is 0.368 bits per heavy atom. The van der Waals surface area contributed by atoms with Crippen LogP contribution in [0.5, 0.6) is 0 Å². The third kappa shape index (κ3) is 18.4. The van der Waals surface area contributed by atoms with Crippen LogP contribution in [0.4, 0.5) is 0 Å². The molecule has 2 saturated heterocycles. The topological polar surface area (TPSA) is 146 Å². The first kappa shape index (κ1) is 68.9. The summed E-state index contributed by atoms with van der Waals surface area (Å²) in [5.74, 6) is -0.662. The number of imide groups is 2. The van der Waals surface area contributed by atoms with E-state index < -0.39 is 0 Å². The van der Waals surface area contributed by atoms with Crippen molar-refractivity contribution in [2.75, 3.05) is 105 Å². The Hall–Kier alpha value is -3.20. The molecule has 16 heteroatoms. The molecule has 6 fully saturated rings. The molecule has 2 aromatic rings. The molecule has 0 spiro atoms. The van der Waals surface area contributed by atoms with Gasteiger partial charge in [0.15, 0.2) is 0 Å². The van der Waals surface area contributed by atoms with Crippen molar-refractivity contribution in [3.63, 3.8) is 0 Å². The van der Waals surface area contributed by atoms with E-state index in [0.717, 1.165) is 156 Å². The predicted octanol–water partition coefficient (Wildman–Crippen LogP) is 9.14. The van der Waals surface area contributed by atoms with Gasteiger partial charge < -0.3 is 59.9 Å². The molecule has 2 aromatic carbocycles. The Bertz CT molecular complexity index is 1880. The van der Waals surface area contributed by atoms with Crippen molar-refractivity contribution in [3.8, 4) is 0 Å². The van der Waals surface area contributed by atoms with Gasteiger partial charge in [0.1, 0.15) is 0 Å². The third-order valence-electron chi connectivity index (χ3n) is 16.6. The number of benzene rings is 2. The molecule has 0 aromatic heterocycles. The minimum Gasteiger partial charge on any atom is -0.358 e. The van der Waals surface area contributed by atoms with Gasteiger partial charge in [-0.05, 0) is 102 Å². The van der Waals surface area contributed by atoms with Gasteiger partial charge in [0.05, 0.1) is 0 Å². The van der Waals surface area contributed by atoms with Crippen LogP contribution in [0.2, 0.25) is 0 Å². The standard InChI is InChI=1S/C46H64N8O6.2C5H10.4CH3.2Fe/c55-41(33-9-1-2-10-33)47-17-5-19-49-25-29-51(30-26-49)21-7-23-53-43(57)35-13-15-37-40-38(16-14-36(39(35)40)44(53)58)46(60)54(45(37)59)24-8-22-52-31-27-50(28-32-52)20-6-18-48-42(56)34-11-3-4-12-34;2*1-2-4-5-3-1;;;;;;/h13-16,33-34H,1-12,17-32H2,(H,47,55)(H,48,56);2*1-5H2;4*1H3;;/q;;;4*-1;2*+2. The first-order valence-corrected chi connectivity index (χ1v) is 28.0. The zero-order valence-corrected chi connectivity index (χ0v) is 49.4. The quantitative estimate of drug-likeness (QED) is 0.0642. The molecule has 4 heterocycles. The second kappa shape index (κ2) is 35.4. The maximum absolute atomic E-state index is 13.8. The minimum atomic E-state index is -0.380. The second-order valence-corrected chi connectivity index (χ2v) is 21.5. The molecule has 0 radical (unpaired) electrons. The average molecular weight is 1140 g/mol. The number of amides is 6. The summed E-state index contributed by atoms with van der Waals surface area (Å²) in [5, 5.41) is 7.08. The van der Waals surface area contributed by atoms with Crippen molar-refractivity contribution >= 4 is 46.2 Å². The van der Waals surface area contributed by atoms with E-state index >= 15 is 0 Å². The fourth-order valence-electron chi connectivity index (χ4n) is 12.2. The van der Waals surface area contributed by atoms with Crippen LogP contribution in [0.15, 0.2) is 24.3 Å². The van der Waals surface area contributed by atoms with E-state index in [9.17, 15) is 28.8 Å². The van der Waals surface area contributed by atoms with Crippen LogP contribution in [0.3, 0.4) is 0 Å². The van der Waals surface area contributed by atoms with Crippen molar-refractivity contribution in [1.82, 2.24) is 40.0 Å². The van der Waals surface area contributed by atoms with Gasteiger partial charge >= 0.3 is 34.1 Å². The summed E-state index contributed by atoms with van der Waals surface area (Å²) in [6, 6.07) is 6.62. The number of nitrogens with one attached hydrogen (secondary N) is 2. The molecule has 14 nitrogen and oxygen atoms in total. The molecule has 4 saturated carbocycles. The monoisotopic (exact) mass is 1140 g/mol. The fourth-order valence-corrected chi connectivity index (χ4v) is 12.2. The molecular weight excluding hydrogens is 1040 g/mol. The van der Waals surface area contributed by atoms with Crippen molar-refractivity contribution in [1.29, 1.82) is 0 Å². The molecule has 4 aliphatic carbocycles. The van der Waals surface area contributed by atoms with Crippen LogP contribution >= 0.6 is 0 Å². The zero-order valence-electron chi connectivity index (χ0n) is 47.2. The van der Waals surface area contributed by atoms with Crippen LogP contribution in [-0.2, 0) is 43.7 Å². The van der Waals surface area contributed by atoms with Gasteiger partial charge in [0.2, 0.25) is 11.8 Å². The maximum Gasteiger partial charge on any atom is 2.00 e. The SMILES string of the molecule is C1CCCC1.C1CCCC1.O=C(NCCCN1CCN(CCCN2C(=O)c3ccc4c5c(ccc(c35)C2=O)C(=O)N(CCCN2CCN(CCCNC(=O)C3CCCC3)CC2)C4=O)CC1)C1CCCC1.[CH3-].[CH3-].[CH3-].[CH3-].[Fe+2].[Fe+2]. The van der Waals surface area contributed by atoms with Gasteiger partial charge in [0, 0.05) is 123 Å². The molecule has 0 atom stereocenters. The number of hydrogen-bond acceptors (Lipinski definition) is 10. The molecule has 6 amide bonds. The second-order valence-electron chi connectivity index (χ2n) is 21.5. The summed E-state index contributed by atoms with van der Waals surface area (Å²) < 4.78 is 0. The van der Waals surface area contributed by atoms with Crippen molar-refractivity contribution in [2.45, 2.75) is 141 Å². The van der Waals surface area contributed by atoms with Gasteiger partial charge in [-0.3, -0.25) is 38.6 Å². The summed E-state index contributed by atoms with van der Waals surface area (Å²) in [5.41, 5.74) is 1.45. The number of hydrogen-bond donors (Lipinski definition) is 2. The Labute approximate surface area is 480 Å². The van der Waals surface area contributed by atoms with Gasteiger partial charge in [-0.25, -0.2) is 0 Å². The van der Waals surface area contributed by atoms with E-state index in [0.29, 0.717) is 59.0 Å². The third-order valence-corrected chi connectivity index (χ3v) is 16.6. The van der Waals surface area contributed by atoms with Crippen LogP contribution in [-0.4, -0.2) is 170 Å². The largest absolute Gasteiger partial charge is 2.00 e. The molecule has 10 rings (SSSR count). The van der Waals surface area contributed by atoms with Crippen molar-refractivity contribution < 1.29 is 62.9 Å². The Morgan fingerprint density at radius 2 is 0.605 bits per heavy atom. The number of carbonyl (C=O) groups is 6. The van der Waals surface area contributed by atoms with Crippen LogP contribution in [0.25, 0.3) is 10.8 Å². The van der Waals surface area contributed by atoms with Gasteiger partial charge in [-0.2, -0.15) is 0 Å². The van der Waals surface area contributed by atoms with Gasteiger partial charge in [-0.1, -0.05) is 89.9 Å². The first-order valence-electron chi connectivity index (χ1n) is 28.0. The fraction of sp³-hybridized carbons (Fsp3) is 0.667. The van der Waals surface area contributed by atoms with E-state index in [1.54, 1.807) is 24.3 Å². The van der Waals surface area contributed by atoms with Crippen LogP contribution in [0.1, 0.15) is 183 Å². The first-order chi connectivity index (χ1) is 34.3. The predicted molar refractivity (Wildman–Crippen MR) is 301 cm³/mol. The Kier molecular flexibility index (Phi) is 32.1. The summed E-state index contributed by atoms with van der Waals surface area (Å²) in [7, 11) is 0. The van der Waals surface area contributed by atoms with Gasteiger partial charge in [0.25, 0.3) is 23.6 Å². The maximum atomic E-state index is 13.8. The molecule has 0 bridgehead atoms. The molecule has 8 aliphatic rings. The zero-order chi connectivity index (χ0) is 48.7. The van der Waals surface area contributed by atoms with Crippen molar-refractivity contribution in [3.05, 3.63) is 76.2 Å². The van der Waals surface area contributed by atoms with Crippen LogP contribution in [0, 0.1) is 41.5 Å². The average Bonchev–Trinajstić information content (AvgIpc) is 4.26. The molecule has 0 unspecified atom stereocenters. The Morgan fingerprint density at radius 3 is 0.855 bits per heavy atom. The van der Waals surface area contributed by atoms with Crippen molar-refractivity contribution in [2.24, 2.45) is 11.8 Å². The molecule has 2 N–H and O–H groups in total. The number of rotatable bonds is 18. The normalized spacial score (nSPS) is 19.9. The molecule has 76 heavy (non-hydrogen) atoms. The van der Waals surface area contributed by atoms with E-state index in [2.05, 4.69) is 30.2 Å². The van der Waals surface area contributed by atoms with E-state index in [1.165, 1.54) is 74.0 Å². The van der Waals surface area contributed by atoms with Crippen LogP contribution < -0.4 is 10.6 Å². The minimum absolute atomic E-state index is 0.